The Hall–Kier alpha value is -1.66. The minimum atomic E-state index is -0.381. The molecule has 3 amide bonds. The molecule has 0 radical (unpaired) electrons. The summed E-state index contributed by atoms with van der Waals surface area (Å²) in [5.74, 6) is -0.224. The summed E-state index contributed by atoms with van der Waals surface area (Å²) in [6, 6.07) is 4.10. The van der Waals surface area contributed by atoms with E-state index in [1.807, 2.05) is 6.07 Å². The molecule has 1 atom stereocenters. The Labute approximate surface area is 153 Å². The van der Waals surface area contributed by atoms with Crippen LogP contribution in [-0.2, 0) is 4.79 Å². The van der Waals surface area contributed by atoms with Gasteiger partial charge in [-0.15, -0.1) is 11.3 Å². The lowest BCUT2D eigenvalue weighted by molar-refractivity contribution is -0.121. The molecule has 2 N–H and O–H groups in total. The lowest BCUT2D eigenvalue weighted by Gasteiger charge is -2.22. The predicted octanol–water partition coefficient (Wildman–Crippen LogP) is 3.60. The second-order valence-electron chi connectivity index (χ2n) is 6.81. The first-order chi connectivity index (χ1) is 12.2. The zero-order chi connectivity index (χ0) is 17.5. The minimum absolute atomic E-state index is 0.224. The maximum atomic E-state index is 12.2. The number of thiophene rings is 1. The van der Waals surface area contributed by atoms with Crippen molar-refractivity contribution >= 4 is 23.3 Å². The van der Waals surface area contributed by atoms with Gasteiger partial charge in [-0.3, -0.25) is 15.0 Å². The minimum Gasteiger partial charge on any atom is -0.337 e. The molecule has 0 bridgehead atoms. The van der Waals surface area contributed by atoms with E-state index in [4.69, 9.17) is 0 Å². The normalized spacial score (nSPS) is 21.0. The van der Waals surface area contributed by atoms with E-state index >= 15 is 0 Å². The van der Waals surface area contributed by atoms with E-state index in [0.29, 0.717) is 12.6 Å². The van der Waals surface area contributed by atoms with E-state index in [1.165, 1.54) is 23.3 Å². The first-order valence-corrected chi connectivity index (χ1v) is 10.1. The van der Waals surface area contributed by atoms with E-state index in [2.05, 4.69) is 33.1 Å². The maximum Gasteiger partial charge on any atom is 0.321 e. The van der Waals surface area contributed by atoms with Gasteiger partial charge in [0, 0.05) is 17.5 Å². The van der Waals surface area contributed by atoms with Gasteiger partial charge in [-0.1, -0.05) is 17.7 Å². The molecule has 1 aliphatic carbocycles. The average Bonchev–Trinajstić information content (AvgIpc) is 3.26. The number of urea groups is 1. The van der Waals surface area contributed by atoms with Crippen LogP contribution in [0.2, 0.25) is 0 Å². The van der Waals surface area contributed by atoms with E-state index in [9.17, 15) is 9.59 Å². The number of nitrogens with zero attached hydrogens (tertiary/aromatic N) is 1. The molecule has 1 aromatic rings. The van der Waals surface area contributed by atoms with Gasteiger partial charge in [-0.2, -0.15) is 0 Å². The number of hydrogen-bond donors (Lipinski definition) is 2. The Kier molecular flexibility index (Phi) is 6.64. The molecule has 1 fully saturated rings. The molecular formula is C19H27N3O2S. The average molecular weight is 362 g/mol. The number of rotatable bonds is 6. The molecule has 0 spiro atoms. The molecule has 136 valence electrons. The molecule has 6 heteroatoms. The number of allylic oxidation sites excluding steroid dienone is 1. The molecule has 2 aliphatic rings. The molecule has 25 heavy (non-hydrogen) atoms. The molecule has 0 aromatic carbocycles. The highest BCUT2D eigenvalue weighted by atomic mass is 32.1. The first kappa shape index (κ1) is 18.1. The van der Waals surface area contributed by atoms with Crippen LogP contribution in [0.5, 0.6) is 0 Å². The van der Waals surface area contributed by atoms with Crippen LogP contribution in [0.4, 0.5) is 4.79 Å². The number of imide groups is 1. The van der Waals surface area contributed by atoms with Crippen molar-refractivity contribution < 1.29 is 9.59 Å². The molecule has 1 unspecified atom stereocenters. The highest BCUT2D eigenvalue weighted by Crippen LogP contribution is 2.33. The highest BCUT2D eigenvalue weighted by molar-refractivity contribution is 7.10. The zero-order valence-corrected chi connectivity index (χ0v) is 15.4. The van der Waals surface area contributed by atoms with Gasteiger partial charge in [0.25, 0.3) is 0 Å². The quantitative estimate of drug-likeness (QED) is 0.761. The lowest BCUT2D eigenvalue weighted by atomic mass is 9.97. The molecule has 2 heterocycles. The summed E-state index contributed by atoms with van der Waals surface area (Å²) in [5, 5.41) is 7.33. The summed E-state index contributed by atoms with van der Waals surface area (Å²) in [4.78, 5) is 27.5. The third-order valence-corrected chi connectivity index (χ3v) is 5.93. The molecule has 3 rings (SSSR count). The van der Waals surface area contributed by atoms with Crippen molar-refractivity contribution in [2.75, 3.05) is 19.6 Å². The van der Waals surface area contributed by atoms with Crippen molar-refractivity contribution in [3.63, 3.8) is 0 Å². The third kappa shape index (κ3) is 5.41. The van der Waals surface area contributed by atoms with Crippen molar-refractivity contribution in [2.24, 2.45) is 0 Å². The highest BCUT2D eigenvalue weighted by Gasteiger charge is 2.28. The van der Waals surface area contributed by atoms with Crippen molar-refractivity contribution in [1.29, 1.82) is 0 Å². The number of likely N-dealkylation sites (tertiary alicyclic amines) is 1. The fourth-order valence-corrected chi connectivity index (χ4v) is 4.58. The van der Waals surface area contributed by atoms with Crippen molar-refractivity contribution in [3.05, 3.63) is 34.0 Å². The van der Waals surface area contributed by atoms with Crippen LogP contribution < -0.4 is 10.6 Å². The Balaban J connectivity index is 1.38. The van der Waals surface area contributed by atoms with Gasteiger partial charge in [0.2, 0.25) is 5.91 Å². The van der Waals surface area contributed by atoms with Gasteiger partial charge in [0.1, 0.15) is 0 Å². The monoisotopic (exact) mass is 361 g/mol. The fourth-order valence-electron chi connectivity index (χ4n) is 3.68. The Morgan fingerprint density at radius 2 is 2.20 bits per heavy atom. The predicted molar refractivity (Wildman–Crippen MR) is 101 cm³/mol. The molecule has 5 nitrogen and oxygen atoms in total. The standard InChI is InChI=1S/C19H27N3O2S/c23-18(14-22-12-4-8-16(22)17-9-5-13-25-17)21-19(24)20-11-10-15-6-2-1-3-7-15/h5-6,9,13,16H,1-4,7-8,10-12,14H2,(H2,20,21,23,24). The fraction of sp³-hybridized carbons (Fsp3) is 0.579. The first-order valence-electron chi connectivity index (χ1n) is 9.25. The number of hydrogen-bond acceptors (Lipinski definition) is 4. The molecular weight excluding hydrogens is 334 g/mol. The zero-order valence-electron chi connectivity index (χ0n) is 14.6. The second-order valence-corrected chi connectivity index (χ2v) is 7.79. The lowest BCUT2D eigenvalue weighted by Crippen LogP contribution is -2.44. The van der Waals surface area contributed by atoms with Crippen LogP contribution in [0.15, 0.2) is 29.2 Å². The summed E-state index contributed by atoms with van der Waals surface area (Å²) in [6.45, 7) is 1.78. The van der Waals surface area contributed by atoms with Crippen molar-refractivity contribution in [1.82, 2.24) is 15.5 Å². The molecule has 1 saturated heterocycles. The van der Waals surface area contributed by atoms with Crippen LogP contribution in [0, 0.1) is 0 Å². The third-order valence-electron chi connectivity index (χ3n) is 4.95. The van der Waals surface area contributed by atoms with E-state index < -0.39 is 0 Å². The van der Waals surface area contributed by atoms with Crippen LogP contribution in [0.3, 0.4) is 0 Å². The number of carbonyl (C=O) groups is 2. The number of nitrogens with one attached hydrogen (secondary N) is 2. The SMILES string of the molecule is O=C(CN1CCCC1c1cccs1)NC(=O)NCCC1=CCCCC1. The summed E-state index contributed by atoms with van der Waals surface area (Å²) in [7, 11) is 0. The van der Waals surface area contributed by atoms with Gasteiger partial charge in [0.05, 0.1) is 6.54 Å². The summed E-state index contributed by atoms with van der Waals surface area (Å²) in [5.41, 5.74) is 1.42. The van der Waals surface area contributed by atoms with Crippen LogP contribution >= 0.6 is 11.3 Å². The summed E-state index contributed by atoms with van der Waals surface area (Å²) in [6.07, 6.45) is 10.2. The van der Waals surface area contributed by atoms with E-state index in [0.717, 1.165) is 38.6 Å². The number of amides is 3. The Bertz CT molecular complexity index is 612. The smallest absolute Gasteiger partial charge is 0.321 e. The molecule has 0 saturated carbocycles. The Morgan fingerprint density at radius 1 is 1.28 bits per heavy atom. The van der Waals surface area contributed by atoms with E-state index in [-0.39, 0.29) is 18.5 Å². The number of carbonyl (C=O) groups excluding carboxylic acids is 2. The Morgan fingerprint density at radius 3 is 2.96 bits per heavy atom. The topological polar surface area (TPSA) is 61.4 Å². The van der Waals surface area contributed by atoms with Crippen LogP contribution in [0.25, 0.3) is 0 Å². The second kappa shape index (κ2) is 9.15. The summed E-state index contributed by atoms with van der Waals surface area (Å²) < 4.78 is 0. The van der Waals surface area contributed by atoms with E-state index in [1.54, 1.807) is 11.3 Å². The molecule has 1 aliphatic heterocycles. The van der Waals surface area contributed by atoms with Gasteiger partial charge < -0.3 is 5.32 Å². The van der Waals surface area contributed by atoms with Crippen molar-refractivity contribution in [2.45, 2.75) is 51.0 Å². The van der Waals surface area contributed by atoms with Gasteiger partial charge in [0.15, 0.2) is 0 Å². The van der Waals surface area contributed by atoms with Gasteiger partial charge in [-0.05, 0) is 62.9 Å². The largest absolute Gasteiger partial charge is 0.337 e. The van der Waals surface area contributed by atoms with Crippen molar-refractivity contribution in [3.8, 4) is 0 Å². The van der Waals surface area contributed by atoms with Gasteiger partial charge in [-0.25, -0.2) is 4.79 Å². The molecule has 1 aromatic heterocycles. The summed E-state index contributed by atoms with van der Waals surface area (Å²) >= 11 is 1.73. The van der Waals surface area contributed by atoms with Crippen LogP contribution in [0.1, 0.15) is 55.9 Å². The van der Waals surface area contributed by atoms with Crippen LogP contribution in [-0.4, -0.2) is 36.5 Å². The maximum absolute atomic E-state index is 12.2. The van der Waals surface area contributed by atoms with Gasteiger partial charge >= 0.3 is 6.03 Å².